The third-order valence-electron chi connectivity index (χ3n) is 4.23. The van der Waals surface area contributed by atoms with Gasteiger partial charge < -0.3 is 10.1 Å². The van der Waals surface area contributed by atoms with E-state index in [0.29, 0.717) is 37.2 Å². The van der Waals surface area contributed by atoms with E-state index in [4.69, 9.17) is 0 Å². The normalized spacial score (nSPS) is 15.1. The number of aryl methyl sites for hydroxylation is 1. The van der Waals surface area contributed by atoms with Crippen LogP contribution in [0.15, 0.2) is 23.1 Å². The Kier molecular flexibility index (Phi) is 6.55. The maximum Gasteiger partial charge on any atom is 0.305 e. The Morgan fingerprint density at radius 1 is 1.24 bits per heavy atom. The van der Waals surface area contributed by atoms with Crippen LogP contribution >= 0.6 is 0 Å². The molecule has 0 bridgehead atoms. The number of rotatable bonds is 7. The molecule has 0 spiro atoms. The van der Waals surface area contributed by atoms with Gasteiger partial charge in [-0.1, -0.05) is 6.07 Å². The lowest BCUT2D eigenvalue weighted by Gasteiger charge is -2.16. The van der Waals surface area contributed by atoms with Crippen molar-refractivity contribution in [2.24, 2.45) is 0 Å². The predicted octanol–water partition coefficient (Wildman–Crippen LogP) is 1.46. The van der Waals surface area contributed by atoms with E-state index in [1.165, 1.54) is 23.5 Å². The van der Waals surface area contributed by atoms with Gasteiger partial charge in [-0.3, -0.25) is 9.59 Å². The Bertz CT molecular complexity index is 739. The van der Waals surface area contributed by atoms with Crippen LogP contribution in [-0.4, -0.2) is 51.3 Å². The second-order valence-corrected chi connectivity index (χ2v) is 7.96. The number of carbonyl (C=O) groups is 2. The van der Waals surface area contributed by atoms with Crippen molar-refractivity contribution < 1.29 is 22.7 Å². The number of sulfonamides is 1. The van der Waals surface area contributed by atoms with E-state index < -0.39 is 10.0 Å². The van der Waals surface area contributed by atoms with Gasteiger partial charge in [0.25, 0.3) is 5.91 Å². The summed E-state index contributed by atoms with van der Waals surface area (Å²) in [6.45, 7) is 3.11. The fourth-order valence-electron chi connectivity index (χ4n) is 2.72. The highest BCUT2D eigenvalue weighted by Gasteiger charge is 2.28. The van der Waals surface area contributed by atoms with Gasteiger partial charge in [0, 0.05) is 31.6 Å². The number of ether oxygens (including phenoxy) is 1. The number of nitrogens with one attached hydrogen (secondary N) is 1. The molecular weight excluding hydrogens is 344 g/mol. The Balaban J connectivity index is 2.08. The number of esters is 1. The molecule has 1 N–H and O–H groups in total. The molecule has 138 valence electrons. The number of hydrogen-bond acceptors (Lipinski definition) is 5. The standard InChI is InChI=1S/C17H24N2O5S/c1-13-7-8-14(25(22,23)19-10-3-4-11-19)12-15(13)17(21)18-9-5-6-16(20)24-2/h7-8,12H,3-6,9-11H2,1-2H3,(H,18,21). The molecule has 8 heteroatoms. The monoisotopic (exact) mass is 368 g/mol. The molecule has 0 radical (unpaired) electrons. The highest BCUT2D eigenvalue weighted by molar-refractivity contribution is 7.89. The molecule has 1 aliphatic heterocycles. The third-order valence-corrected chi connectivity index (χ3v) is 6.12. The molecule has 1 aliphatic rings. The van der Waals surface area contributed by atoms with Crippen LogP contribution in [-0.2, 0) is 19.6 Å². The predicted molar refractivity (Wildman–Crippen MR) is 92.8 cm³/mol. The van der Waals surface area contributed by atoms with Crippen LogP contribution in [0.25, 0.3) is 0 Å². The van der Waals surface area contributed by atoms with Gasteiger partial charge in [-0.15, -0.1) is 0 Å². The molecule has 7 nitrogen and oxygen atoms in total. The van der Waals surface area contributed by atoms with Crippen LogP contribution in [0.4, 0.5) is 0 Å². The molecule has 1 heterocycles. The topological polar surface area (TPSA) is 92.8 Å². The van der Waals surface area contributed by atoms with Gasteiger partial charge in [0.15, 0.2) is 0 Å². The highest BCUT2D eigenvalue weighted by Crippen LogP contribution is 2.23. The number of hydrogen-bond donors (Lipinski definition) is 1. The second-order valence-electron chi connectivity index (χ2n) is 6.02. The summed E-state index contributed by atoms with van der Waals surface area (Å²) in [4.78, 5) is 23.5. The van der Waals surface area contributed by atoms with Gasteiger partial charge in [-0.05, 0) is 43.9 Å². The number of carbonyl (C=O) groups excluding carboxylic acids is 2. The molecule has 1 aromatic rings. The average molecular weight is 368 g/mol. The molecule has 25 heavy (non-hydrogen) atoms. The van der Waals surface area contributed by atoms with E-state index in [0.717, 1.165) is 12.8 Å². The van der Waals surface area contributed by atoms with Crippen molar-refractivity contribution in [2.75, 3.05) is 26.7 Å². The zero-order valence-electron chi connectivity index (χ0n) is 14.6. The lowest BCUT2D eigenvalue weighted by molar-refractivity contribution is -0.140. The zero-order chi connectivity index (χ0) is 18.4. The molecule has 0 aromatic heterocycles. The summed E-state index contributed by atoms with van der Waals surface area (Å²) in [5.41, 5.74) is 1.03. The first-order valence-corrected chi connectivity index (χ1v) is 9.76. The summed E-state index contributed by atoms with van der Waals surface area (Å²) in [7, 11) is -2.24. The zero-order valence-corrected chi connectivity index (χ0v) is 15.4. The van der Waals surface area contributed by atoms with Gasteiger partial charge in [0.1, 0.15) is 0 Å². The molecule has 1 saturated heterocycles. The summed E-state index contributed by atoms with van der Waals surface area (Å²) in [6.07, 6.45) is 2.40. The molecule has 1 aromatic carbocycles. The van der Waals surface area contributed by atoms with Crippen molar-refractivity contribution >= 4 is 21.9 Å². The van der Waals surface area contributed by atoms with Crippen LogP contribution < -0.4 is 5.32 Å². The SMILES string of the molecule is COC(=O)CCCNC(=O)c1cc(S(=O)(=O)N2CCCC2)ccc1C. The lowest BCUT2D eigenvalue weighted by atomic mass is 10.1. The molecule has 0 aliphatic carbocycles. The van der Waals surface area contributed by atoms with E-state index in [2.05, 4.69) is 10.1 Å². The lowest BCUT2D eigenvalue weighted by Crippen LogP contribution is -2.29. The summed E-state index contributed by atoms with van der Waals surface area (Å²) in [5, 5.41) is 2.71. The minimum atomic E-state index is -3.56. The third kappa shape index (κ3) is 4.79. The Morgan fingerprint density at radius 2 is 1.92 bits per heavy atom. The smallest absolute Gasteiger partial charge is 0.305 e. The quantitative estimate of drug-likeness (QED) is 0.581. The fraction of sp³-hybridized carbons (Fsp3) is 0.529. The molecular formula is C17H24N2O5S. The Morgan fingerprint density at radius 3 is 2.56 bits per heavy atom. The Labute approximate surface area is 148 Å². The highest BCUT2D eigenvalue weighted by atomic mass is 32.2. The van der Waals surface area contributed by atoms with E-state index >= 15 is 0 Å². The van der Waals surface area contributed by atoms with Crippen molar-refractivity contribution in [2.45, 2.75) is 37.5 Å². The molecule has 0 unspecified atom stereocenters. The molecule has 0 saturated carbocycles. The first-order chi connectivity index (χ1) is 11.9. The van der Waals surface area contributed by atoms with Gasteiger partial charge in [-0.25, -0.2) is 8.42 Å². The maximum absolute atomic E-state index is 12.6. The largest absolute Gasteiger partial charge is 0.469 e. The number of methoxy groups -OCH3 is 1. The molecule has 2 rings (SSSR count). The average Bonchev–Trinajstić information content (AvgIpc) is 3.13. The number of amides is 1. The first kappa shape index (κ1) is 19.4. The van der Waals surface area contributed by atoms with Gasteiger partial charge in [0.2, 0.25) is 10.0 Å². The van der Waals surface area contributed by atoms with Crippen LogP contribution in [0.5, 0.6) is 0 Å². The van der Waals surface area contributed by atoms with Gasteiger partial charge in [-0.2, -0.15) is 4.31 Å². The van der Waals surface area contributed by atoms with Crippen LogP contribution in [0.3, 0.4) is 0 Å². The van der Waals surface area contributed by atoms with Gasteiger partial charge in [0.05, 0.1) is 12.0 Å². The van der Waals surface area contributed by atoms with Crippen molar-refractivity contribution in [3.05, 3.63) is 29.3 Å². The molecule has 1 amide bonds. The van der Waals surface area contributed by atoms with Crippen molar-refractivity contribution in [1.29, 1.82) is 0 Å². The summed E-state index contributed by atoms with van der Waals surface area (Å²) < 4.78 is 31.3. The number of benzene rings is 1. The first-order valence-electron chi connectivity index (χ1n) is 8.32. The van der Waals surface area contributed by atoms with Crippen molar-refractivity contribution in [1.82, 2.24) is 9.62 Å². The van der Waals surface area contributed by atoms with E-state index in [1.54, 1.807) is 13.0 Å². The second kappa shape index (κ2) is 8.44. The fourth-order valence-corrected chi connectivity index (χ4v) is 4.26. The van der Waals surface area contributed by atoms with E-state index in [9.17, 15) is 18.0 Å². The number of nitrogens with zero attached hydrogens (tertiary/aromatic N) is 1. The maximum atomic E-state index is 12.6. The summed E-state index contributed by atoms with van der Waals surface area (Å²) in [6, 6.07) is 4.61. The summed E-state index contributed by atoms with van der Waals surface area (Å²) in [5.74, 6) is -0.676. The minimum absolute atomic E-state index is 0.139. The van der Waals surface area contributed by atoms with Crippen molar-refractivity contribution in [3.63, 3.8) is 0 Å². The van der Waals surface area contributed by atoms with Crippen LogP contribution in [0.2, 0.25) is 0 Å². The van der Waals surface area contributed by atoms with E-state index in [1.807, 2.05) is 0 Å². The Hall–Kier alpha value is -1.93. The van der Waals surface area contributed by atoms with Crippen LogP contribution in [0, 0.1) is 6.92 Å². The molecule has 0 atom stereocenters. The minimum Gasteiger partial charge on any atom is -0.469 e. The summed E-state index contributed by atoms with van der Waals surface area (Å²) >= 11 is 0. The van der Waals surface area contributed by atoms with E-state index in [-0.39, 0.29) is 23.2 Å². The molecule has 1 fully saturated rings. The van der Waals surface area contributed by atoms with Crippen LogP contribution in [0.1, 0.15) is 41.6 Å². The van der Waals surface area contributed by atoms with Crippen molar-refractivity contribution in [3.8, 4) is 0 Å². The van der Waals surface area contributed by atoms with Gasteiger partial charge >= 0.3 is 5.97 Å².